The molecule has 4 heteroatoms. The molecule has 3 nitrogen and oxygen atoms in total. The molecule has 0 unspecified atom stereocenters. The van der Waals surface area contributed by atoms with E-state index < -0.39 is 0 Å². The molecule has 1 aromatic heterocycles. The van der Waals surface area contributed by atoms with Crippen LogP contribution in [0.1, 0.15) is 5.82 Å². The number of nitrogens with zero attached hydrogens (tertiary/aromatic N) is 2. The number of benzene rings is 1. The van der Waals surface area contributed by atoms with Crippen molar-refractivity contribution >= 4 is 22.6 Å². The molecule has 0 bridgehead atoms. The summed E-state index contributed by atoms with van der Waals surface area (Å²) in [4.78, 5) is 4.55. The Morgan fingerprint density at radius 1 is 1.47 bits per heavy atom. The number of halogens is 1. The average Bonchev–Trinajstić information content (AvgIpc) is 2.54. The van der Waals surface area contributed by atoms with Crippen molar-refractivity contribution in [3.8, 4) is 0 Å². The van der Waals surface area contributed by atoms with Crippen molar-refractivity contribution in [2.24, 2.45) is 7.05 Å². The van der Waals surface area contributed by atoms with Crippen LogP contribution in [0.3, 0.4) is 0 Å². The van der Waals surface area contributed by atoms with Gasteiger partial charge in [0.25, 0.3) is 0 Å². The summed E-state index contributed by atoms with van der Waals surface area (Å²) >= 11 is 6.13. The first kappa shape index (κ1) is 10.5. The van der Waals surface area contributed by atoms with Gasteiger partial charge in [0.05, 0.1) is 16.1 Å². The lowest BCUT2D eigenvalue weighted by molar-refractivity contribution is 0.726. The van der Waals surface area contributed by atoms with Crippen molar-refractivity contribution in [2.75, 3.05) is 13.6 Å². The van der Waals surface area contributed by atoms with Gasteiger partial charge in [-0.05, 0) is 19.2 Å². The number of nitrogens with one attached hydrogen (secondary N) is 1. The fraction of sp³-hybridized carbons (Fsp3) is 0.364. The summed E-state index contributed by atoms with van der Waals surface area (Å²) in [5.74, 6) is 1.06. The van der Waals surface area contributed by atoms with E-state index in [-0.39, 0.29) is 0 Å². The molecule has 0 amide bonds. The number of fused-ring (bicyclic) bond motifs is 1. The summed E-state index contributed by atoms with van der Waals surface area (Å²) in [5.41, 5.74) is 1.99. The molecule has 0 saturated heterocycles. The van der Waals surface area contributed by atoms with E-state index >= 15 is 0 Å². The number of para-hydroxylation sites is 1. The molecule has 0 atom stereocenters. The van der Waals surface area contributed by atoms with Gasteiger partial charge in [-0.25, -0.2) is 4.98 Å². The first-order valence-corrected chi connectivity index (χ1v) is 5.36. The van der Waals surface area contributed by atoms with Crippen LogP contribution in [0, 0.1) is 0 Å². The van der Waals surface area contributed by atoms with E-state index in [1.165, 1.54) is 0 Å². The molecule has 1 N–H and O–H groups in total. The Labute approximate surface area is 94.1 Å². The lowest BCUT2D eigenvalue weighted by atomic mass is 10.3. The van der Waals surface area contributed by atoms with Crippen LogP contribution < -0.4 is 5.32 Å². The maximum atomic E-state index is 6.13. The van der Waals surface area contributed by atoms with E-state index in [0.717, 1.165) is 34.8 Å². The van der Waals surface area contributed by atoms with Crippen molar-refractivity contribution < 1.29 is 0 Å². The predicted molar refractivity (Wildman–Crippen MR) is 63.4 cm³/mol. The lowest BCUT2D eigenvalue weighted by Gasteiger charge is -2.02. The largest absolute Gasteiger partial charge is 0.330 e. The third-order valence-corrected chi connectivity index (χ3v) is 2.84. The van der Waals surface area contributed by atoms with Crippen LogP contribution in [0.15, 0.2) is 18.2 Å². The summed E-state index contributed by atoms with van der Waals surface area (Å²) in [6.07, 6.45) is 0.915. The van der Waals surface area contributed by atoms with Gasteiger partial charge < -0.3 is 9.88 Å². The zero-order valence-electron chi connectivity index (χ0n) is 8.92. The molecule has 0 saturated carbocycles. The van der Waals surface area contributed by atoms with Crippen molar-refractivity contribution in [2.45, 2.75) is 6.42 Å². The summed E-state index contributed by atoms with van der Waals surface area (Å²) in [5, 5.41) is 3.88. The Bertz CT molecular complexity index is 476. The Morgan fingerprint density at radius 2 is 2.27 bits per heavy atom. The number of hydrogen-bond donors (Lipinski definition) is 1. The van der Waals surface area contributed by atoms with Crippen LogP contribution in [0.2, 0.25) is 5.02 Å². The molecule has 0 aliphatic rings. The monoisotopic (exact) mass is 223 g/mol. The second-order valence-electron chi connectivity index (χ2n) is 3.55. The maximum Gasteiger partial charge on any atom is 0.110 e. The highest BCUT2D eigenvalue weighted by molar-refractivity contribution is 6.34. The third kappa shape index (κ3) is 1.85. The van der Waals surface area contributed by atoms with Gasteiger partial charge in [-0.2, -0.15) is 0 Å². The van der Waals surface area contributed by atoms with Crippen LogP contribution in [-0.2, 0) is 13.5 Å². The van der Waals surface area contributed by atoms with Crippen LogP contribution in [0.25, 0.3) is 11.0 Å². The summed E-state index contributed by atoms with van der Waals surface area (Å²) in [7, 11) is 3.95. The van der Waals surface area contributed by atoms with E-state index in [1.54, 1.807) is 0 Å². The Morgan fingerprint density at radius 3 is 2.93 bits per heavy atom. The predicted octanol–water partition coefficient (Wildman–Crippen LogP) is 1.99. The second-order valence-corrected chi connectivity index (χ2v) is 3.96. The molecule has 15 heavy (non-hydrogen) atoms. The second kappa shape index (κ2) is 4.21. The minimum Gasteiger partial charge on any atom is -0.330 e. The fourth-order valence-electron chi connectivity index (χ4n) is 1.73. The number of aryl methyl sites for hydroxylation is 1. The van der Waals surface area contributed by atoms with Crippen molar-refractivity contribution in [1.29, 1.82) is 0 Å². The zero-order valence-corrected chi connectivity index (χ0v) is 9.67. The molecule has 2 aromatic rings. The summed E-state index contributed by atoms with van der Waals surface area (Å²) in [6.45, 7) is 0.925. The standard InChI is InChI=1S/C11H14ClN3/c1-13-7-6-10-14-9-5-3-4-8(12)11(9)15(10)2/h3-5,13H,6-7H2,1-2H3. The number of hydrogen-bond acceptors (Lipinski definition) is 2. The van der Waals surface area contributed by atoms with Crippen molar-refractivity contribution in [3.63, 3.8) is 0 Å². The first-order valence-electron chi connectivity index (χ1n) is 4.98. The molecule has 0 aliphatic carbocycles. The molecule has 1 heterocycles. The highest BCUT2D eigenvalue weighted by atomic mass is 35.5. The van der Waals surface area contributed by atoms with Crippen molar-refractivity contribution in [3.05, 3.63) is 29.0 Å². The van der Waals surface area contributed by atoms with E-state index in [1.807, 2.05) is 32.3 Å². The Kier molecular flexibility index (Phi) is 2.93. The van der Waals surface area contributed by atoms with Gasteiger partial charge in [0.15, 0.2) is 0 Å². The van der Waals surface area contributed by atoms with Gasteiger partial charge in [-0.1, -0.05) is 17.7 Å². The van der Waals surface area contributed by atoms with Crippen LogP contribution in [0.5, 0.6) is 0 Å². The van der Waals surface area contributed by atoms with E-state index in [4.69, 9.17) is 11.6 Å². The highest BCUT2D eigenvalue weighted by Crippen LogP contribution is 2.23. The molecular formula is C11H14ClN3. The molecular weight excluding hydrogens is 210 g/mol. The summed E-state index contributed by atoms with van der Waals surface area (Å²) < 4.78 is 2.06. The van der Waals surface area contributed by atoms with Gasteiger partial charge in [0.2, 0.25) is 0 Å². The number of aromatic nitrogens is 2. The van der Waals surface area contributed by atoms with Gasteiger partial charge in [0, 0.05) is 20.0 Å². The zero-order chi connectivity index (χ0) is 10.8. The average molecular weight is 224 g/mol. The number of likely N-dealkylation sites (N-methyl/N-ethyl adjacent to an activating group) is 1. The van der Waals surface area contributed by atoms with Crippen molar-refractivity contribution in [1.82, 2.24) is 14.9 Å². The smallest absolute Gasteiger partial charge is 0.110 e. The topological polar surface area (TPSA) is 29.9 Å². The van der Waals surface area contributed by atoms with E-state index in [0.29, 0.717) is 0 Å². The third-order valence-electron chi connectivity index (χ3n) is 2.54. The Balaban J connectivity index is 2.50. The number of rotatable bonds is 3. The molecule has 0 fully saturated rings. The van der Waals surface area contributed by atoms with E-state index in [9.17, 15) is 0 Å². The quantitative estimate of drug-likeness (QED) is 0.863. The fourth-order valence-corrected chi connectivity index (χ4v) is 2.03. The maximum absolute atomic E-state index is 6.13. The minimum atomic E-state index is 0.762. The highest BCUT2D eigenvalue weighted by Gasteiger charge is 2.09. The molecule has 0 aliphatic heterocycles. The van der Waals surface area contributed by atoms with Crippen LogP contribution >= 0.6 is 11.6 Å². The molecule has 1 aromatic carbocycles. The minimum absolute atomic E-state index is 0.762. The molecule has 80 valence electrons. The van der Waals surface area contributed by atoms with Gasteiger partial charge in [-0.3, -0.25) is 0 Å². The van der Waals surface area contributed by atoms with E-state index in [2.05, 4.69) is 14.9 Å². The summed E-state index contributed by atoms with van der Waals surface area (Å²) in [6, 6.07) is 5.82. The van der Waals surface area contributed by atoms with Gasteiger partial charge >= 0.3 is 0 Å². The van der Waals surface area contributed by atoms with Crippen LogP contribution in [-0.4, -0.2) is 23.1 Å². The molecule has 0 spiro atoms. The Hall–Kier alpha value is -1.06. The van der Waals surface area contributed by atoms with Crippen LogP contribution in [0.4, 0.5) is 0 Å². The van der Waals surface area contributed by atoms with Gasteiger partial charge in [-0.15, -0.1) is 0 Å². The normalized spacial score (nSPS) is 11.1. The van der Waals surface area contributed by atoms with Gasteiger partial charge in [0.1, 0.15) is 5.82 Å². The SMILES string of the molecule is CNCCc1nc2cccc(Cl)c2n1C. The lowest BCUT2D eigenvalue weighted by Crippen LogP contribution is -2.13. The first-order chi connectivity index (χ1) is 7.24. The molecule has 0 radical (unpaired) electrons. The molecule has 2 rings (SSSR count). The number of imidazole rings is 1.